The molecule has 182 valence electrons. The number of nitrogens with one attached hydrogen (secondary N) is 2. The van der Waals surface area contributed by atoms with E-state index in [4.69, 9.17) is 18.9 Å². The highest BCUT2D eigenvalue weighted by molar-refractivity contribution is 6.03. The highest BCUT2D eigenvalue weighted by Crippen LogP contribution is 2.32. The minimum Gasteiger partial charge on any atom is -0.494 e. The van der Waals surface area contributed by atoms with Crippen LogP contribution in [0.15, 0.2) is 66.7 Å². The lowest BCUT2D eigenvalue weighted by atomic mass is 10.1. The van der Waals surface area contributed by atoms with Crippen LogP contribution in [0.25, 0.3) is 0 Å². The van der Waals surface area contributed by atoms with Gasteiger partial charge in [0.2, 0.25) is 12.7 Å². The predicted molar refractivity (Wildman–Crippen MR) is 131 cm³/mol. The molecule has 0 radical (unpaired) electrons. The van der Waals surface area contributed by atoms with E-state index >= 15 is 0 Å². The quantitative estimate of drug-likeness (QED) is 0.395. The van der Waals surface area contributed by atoms with E-state index in [0.29, 0.717) is 48.9 Å². The molecule has 0 bridgehead atoms. The van der Waals surface area contributed by atoms with E-state index < -0.39 is 0 Å². The molecule has 1 heterocycles. The topological polar surface area (TPSA) is 95.1 Å². The molecule has 0 unspecified atom stereocenters. The fraction of sp³-hybridized carbons (Fsp3) is 0.259. The van der Waals surface area contributed by atoms with E-state index in [2.05, 4.69) is 10.6 Å². The van der Waals surface area contributed by atoms with Crippen LogP contribution < -0.4 is 29.6 Å². The summed E-state index contributed by atoms with van der Waals surface area (Å²) in [4.78, 5) is 25.3. The molecule has 0 aliphatic carbocycles. The predicted octanol–water partition coefficient (Wildman–Crippen LogP) is 4.54. The van der Waals surface area contributed by atoms with Gasteiger partial charge >= 0.3 is 0 Å². The van der Waals surface area contributed by atoms with Crippen molar-refractivity contribution < 1.29 is 28.5 Å². The van der Waals surface area contributed by atoms with Gasteiger partial charge in [0.25, 0.3) is 5.91 Å². The van der Waals surface area contributed by atoms with Gasteiger partial charge in [-0.25, -0.2) is 0 Å². The van der Waals surface area contributed by atoms with E-state index in [9.17, 15) is 9.59 Å². The Morgan fingerprint density at radius 2 is 1.66 bits per heavy atom. The summed E-state index contributed by atoms with van der Waals surface area (Å²) in [6.45, 7) is 3.47. The highest BCUT2D eigenvalue weighted by atomic mass is 16.7. The van der Waals surface area contributed by atoms with Crippen molar-refractivity contribution in [1.29, 1.82) is 0 Å². The fourth-order valence-corrected chi connectivity index (χ4v) is 3.55. The first kappa shape index (κ1) is 23.9. The van der Waals surface area contributed by atoms with Crippen LogP contribution in [-0.2, 0) is 11.3 Å². The molecule has 0 spiro atoms. The van der Waals surface area contributed by atoms with Gasteiger partial charge in [0.15, 0.2) is 11.5 Å². The van der Waals surface area contributed by atoms with Crippen molar-refractivity contribution in [3.63, 3.8) is 0 Å². The number of rotatable bonds is 11. The molecule has 4 rings (SSSR count). The average molecular weight is 477 g/mol. The van der Waals surface area contributed by atoms with E-state index in [1.54, 1.807) is 24.3 Å². The summed E-state index contributed by atoms with van der Waals surface area (Å²) < 4.78 is 21.8. The zero-order valence-electron chi connectivity index (χ0n) is 19.5. The molecule has 0 atom stereocenters. The Morgan fingerprint density at radius 1 is 0.914 bits per heavy atom. The molecule has 0 aromatic heterocycles. The zero-order valence-corrected chi connectivity index (χ0v) is 19.5. The first-order valence-electron chi connectivity index (χ1n) is 11.5. The number of ether oxygens (including phenoxy) is 4. The van der Waals surface area contributed by atoms with Crippen LogP contribution in [0.1, 0.15) is 35.7 Å². The van der Waals surface area contributed by atoms with E-state index in [1.165, 1.54) is 0 Å². The van der Waals surface area contributed by atoms with Gasteiger partial charge < -0.3 is 29.6 Å². The number of carbonyl (C=O) groups is 2. The molecule has 3 aromatic carbocycles. The molecule has 1 aliphatic heterocycles. The minimum atomic E-state index is -0.280. The Balaban J connectivity index is 1.24. The maximum atomic E-state index is 12.8. The maximum Gasteiger partial charge on any atom is 0.253 e. The number of hydrogen-bond donors (Lipinski definition) is 2. The highest BCUT2D eigenvalue weighted by Gasteiger charge is 2.15. The summed E-state index contributed by atoms with van der Waals surface area (Å²) >= 11 is 0. The van der Waals surface area contributed by atoms with Crippen LogP contribution in [0.2, 0.25) is 0 Å². The summed E-state index contributed by atoms with van der Waals surface area (Å²) in [6, 6.07) is 19.8. The van der Waals surface area contributed by atoms with Crippen molar-refractivity contribution in [1.82, 2.24) is 5.32 Å². The normalized spacial score (nSPS) is 11.6. The van der Waals surface area contributed by atoms with Crippen molar-refractivity contribution in [3.8, 4) is 23.0 Å². The number of hydrogen-bond acceptors (Lipinski definition) is 6. The van der Waals surface area contributed by atoms with E-state index in [-0.39, 0.29) is 25.0 Å². The molecule has 2 N–H and O–H groups in total. The number of fused-ring (bicyclic) bond motifs is 1. The summed E-state index contributed by atoms with van der Waals surface area (Å²) in [5.74, 6) is 2.40. The molecular weight excluding hydrogens is 448 g/mol. The molecule has 8 heteroatoms. The van der Waals surface area contributed by atoms with Crippen LogP contribution in [-0.4, -0.2) is 31.8 Å². The van der Waals surface area contributed by atoms with Gasteiger partial charge in [-0.2, -0.15) is 0 Å². The third-order valence-electron chi connectivity index (χ3n) is 5.29. The van der Waals surface area contributed by atoms with Gasteiger partial charge in [-0.05, 0) is 67.4 Å². The summed E-state index contributed by atoms with van der Waals surface area (Å²) in [5, 5.41) is 5.72. The fourth-order valence-electron chi connectivity index (χ4n) is 3.55. The molecule has 2 amide bonds. The van der Waals surface area contributed by atoms with Crippen molar-refractivity contribution >= 4 is 17.5 Å². The average Bonchev–Trinajstić information content (AvgIpc) is 3.35. The monoisotopic (exact) mass is 476 g/mol. The van der Waals surface area contributed by atoms with Gasteiger partial charge in [-0.1, -0.05) is 18.2 Å². The van der Waals surface area contributed by atoms with Crippen LogP contribution in [0, 0.1) is 0 Å². The van der Waals surface area contributed by atoms with Crippen LogP contribution >= 0.6 is 0 Å². The van der Waals surface area contributed by atoms with Gasteiger partial charge in [0, 0.05) is 13.0 Å². The van der Waals surface area contributed by atoms with Gasteiger partial charge in [0.1, 0.15) is 11.5 Å². The smallest absolute Gasteiger partial charge is 0.253 e. The third kappa shape index (κ3) is 6.66. The Hall–Kier alpha value is -4.20. The van der Waals surface area contributed by atoms with Crippen molar-refractivity contribution in [3.05, 3.63) is 77.9 Å². The molecule has 0 fully saturated rings. The molecule has 0 saturated heterocycles. The van der Waals surface area contributed by atoms with Crippen LogP contribution in [0.3, 0.4) is 0 Å². The largest absolute Gasteiger partial charge is 0.494 e. The Labute approximate surface area is 204 Å². The molecule has 3 aromatic rings. The van der Waals surface area contributed by atoms with Crippen LogP contribution in [0.4, 0.5) is 5.69 Å². The maximum absolute atomic E-state index is 12.8. The number of anilines is 1. The Bertz CT molecular complexity index is 1160. The Kier molecular flexibility index (Phi) is 8.06. The molecule has 8 nitrogen and oxygen atoms in total. The number of amides is 2. The van der Waals surface area contributed by atoms with Gasteiger partial charge in [0.05, 0.1) is 24.5 Å². The van der Waals surface area contributed by atoms with E-state index in [0.717, 1.165) is 17.1 Å². The lowest BCUT2D eigenvalue weighted by Gasteiger charge is -2.12. The Morgan fingerprint density at radius 3 is 2.46 bits per heavy atom. The SMILES string of the molecule is CCOc1ccc(OCCCC(=O)Nc2ccccc2C(=O)NCc2ccc3c(c2)OCO3)cc1. The first-order valence-corrected chi connectivity index (χ1v) is 11.5. The third-order valence-corrected chi connectivity index (χ3v) is 5.29. The number of benzene rings is 3. The zero-order chi connectivity index (χ0) is 24.5. The van der Waals surface area contributed by atoms with Crippen LogP contribution in [0.5, 0.6) is 23.0 Å². The lowest BCUT2D eigenvalue weighted by Crippen LogP contribution is -2.25. The number of para-hydroxylation sites is 1. The second-order valence-corrected chi connectivity index (χ2v) is 7.82. The van der Waals surface area contributed by atoms with Crippen molar-refractivity contribution in [2.75, 3.05) is 25.3 Å². The van der Waals surface area contributed by atoms with E-state index in [1.807, 2.05) is 49.4 Å². The molecule has 35 heavy (non-hydrogen) atoms. The van der Waals surface area contributed by atoms with Gasteiger partial charge in [-0.15, -0.1) is 0 Å². The summed E-state index contributed by atoms with van der Waals surface area (Å²) in [6.07, 6.45) is 0.807. The second-order valence-electron chi connectivity index (χ2n) is 7.82. The standard InChI is InChI=1S/C27H28N2O6/c1-2-32-20-10-12-21(13-11-20)33-15-5-8-26(30)29-23-7-4-3-6-22(23)27(31)28-17-19-9-14-24-25(16-19)35-18-34-24/h3-4,6-7,9-14,16H,2,5,8,15,17-18H2,1H3,(H,28,31)(H,29,30). The summed E-state index contributed by atoms with van der Waals surface area (Å²) in [7, 11) is 0. The van der Waals surface area contributed by atoms with Crippen molar-refractivity contribution in [2.45, 2.75) is 26.3 Å². The molecular formula is C27H28N2O6. The molecule has 0 saturated carbocycles. The molecule has 1 aliphatic rings. The lowest BCUT2D eigenvalue weighted by molar-refractivity contribution is -0.116. The first-order chi connectivity index (χ1) is 17.1. The number of carbonyl (C=O) groups excluding carboxylic acids is 2. The second kappa shape index (κ2) is 11.8. The summed E-state index contributed by atoms with van der Waals surface area (Å²) in [5.41, 5.74) is 1.75. The minimum absolute atomic E-state index is 0.184. The van der Waals surface area contributed by atoms with Crippen molar-refractivity contribution in [2.24, 2.45) is 0 Å². The van der Waals surface area contributed by atoms with Gasteiger partial charge in [-0.3, -0.25) is 9.59 Å².